The van der Waals surface area contributed by atoms with Crippen LogP contribution in [0.2, 0.25) is 0 Å². The molecule has 2 aromatic rings. The number of hydrogen-bond acceptors (Lipinski definition) is 5. The van der Waals surface area contributed by atoms with Gasteiger partial charge in [0.15, 0.2) is 0 Å². The van der Waals surface area contributed by atoms with Gasteiger partial charge in [-0.1, -0.05) is 11.3 Å². The first-order valence-electron chi connectivity index (χ1n) is 4.25. The van der Waals surface area contributed by atoms with Gasteiger partial charge in [0, 0.05) is 6.20 Å². The normalized spacial score (nSPS) is 15.6. The van der Waals surface area contributed by atoms with Crippen molar-refractivity contribution in [1.29, 1.82) is 0 Å². The Hall–Kier alpha value is -1.04. The topological polar surface area (TPSA) is 72.0 Å². The third-order valence-electron chi connectivity index (χ3n) is 1.98. The van der Waals surface area contributed by atoms with E-state index in [9.17, 15) is 0 Å². The Morgan fingerprint density at radius 2 is 2.43 bits per heavy atom. The number of pyridine rings is 1. The first-order chi connectivity index (χ1) is 6.63. The lowest BCUT2D eigenvalue weighted by atomic mass is 10.1. The molecule has 0 aliphatic rings. The summed E-state index contributed by atoms with van der Waals surface area (Å²) in [6, 6.07) is 3.72. The van der Waals surface area contributed by atoms with Gasteiger partial charge in [0.2, 0.25) is 0 Å². The summed E-state index contributed by atoms with van der Waals surface area (Å²) in [5, 5.41) is 9.81. The van der Waals surface area contributed by atoms with Crippen LogP contribution in [0.3, 0.4) is 0 Å². The Morgan fingerprint density at radius 3 is 3.07 bits per heavy atom. The van der Waals surface area contributed by atoms with Crippen LogP contribution in [-0.4, -0.2) is 21.7 Å². The third-order valence-corrected chi connectivity index (χ3v) is 3.24. The maximum absolute atomic E-state index is 9.09. The van der Waals surface area contributed by atoms with Crippen molar-refractivity contribution in [2.24, 2.45) is 5.73 Å². The van der Waals surface area contributed by atoms with Gasteiger partial charge in [-0.15, -0.1) is 0 Å². The van der Waals surface area contributed by atoms with Crippen molar-refractivity contribution >= 4 is 21.7 Å². The van der Waals surface area contributed by atoms with Crippen LogP contribution in [-0.2, 0) is 5.54 Å². The molecule has 0 saturated heterocycles. The second-order valence-electron chi connectivity index (χ2n) is 3.42. The third kappa shape index (κ3) is 1.50. The number of fused-ring (bicyclic) bond motifs is 1. The van der Waals surface area contributed by atoms with E-state index < -0.39 is 5.54 Å². The summed E-state index contributed by atoms with van der Waals surface area (Å²) >= 11 is 1.42. The molecule has 2 rings (SSSR count). The number of aromatic nitrogens is 2. The fourth-order valence-electron chi connectivity index (χ4n) is 1.08. The highest BCUT2D eigenvalue weighted by Crippen LogP contribution is 2.26. The Labute approximate surface area is 85.4 Å². The molecule has 0 spiro atoms. The zero-order valence-corrected chi connectivity index (χ0v) is 8.58. The van der Waals surface area contributed by atoms with Crippen LogP contribution in [0.25, 0.3) is 10.3 Å². The van der Waals surface area contributed by atoms with Crippen molar-refractivity contribution in [3.63, 3.8) is 0 Å². The Balaban J connectivity index is 2.55. The zero-order valence-electron chi connectivity index (χ0n) is 7.77. The molecule has 0 aliphatic carbocycles. The summed E-state index contributed by atoms with van der Waals surface area (Å²) in [6.07, 6.45) is 1.72. The van der Waals surface area contributed by atoms with Crippen LogP contribution < -0.4 is 5.73 Å². The summed E-state index contributed by atoms with van der Waals surface area (Å²) in [5.74, 6) is 0. The van der Waals surface area contributed by atoms with Gasteiger partial charge < -0.3 is 10.8 Å². The number of rotatable bonds is 2. The van der Waals surface area contributed by atoms with Crippen LogP contribution in [0, 0.1) is 0 Å². The van der Waals surface area contributed by atoms with Crippen molar-refractivity contribution in [3.8, 4) is 0 Å². The molecule has 0 fully saturated rings. The predicted molar refractivity (Wildman–Crippen MR) is 56.0 cm³/mol. The molecule has 0 aromatic carbocycles. The van der Waals surface area contributed by atoms with E-state index in [1.807, 2.05) is 12.1 Å². The average molecular weight is 209 g/mol. The lowest BCUT2D eigenvalue weighted by Crippen LogP contribution is -2.36. The van der Waals surface area contributed by atoms with Gasteiger partial charge in [-0.3, -0.25) is 0 Å². The Bertz CT molecular complexity index is 419. The molecule has 3 N–H and O–H groups in total. The van der Waals surface area contributed by atoms with E-state index in [-0.39, 0.29) is 6.61 Å². The van der Waals surface area contributed by atoms with Crippen LogP contribution in [0.1, 0.15) is 11.9 Å². The molecule has 4 nitrogen and oxygen atoms in total. The van der Waals surface area contributed by atoms with E-state index in [1.165, 1.54) is 11.3 Å². The number of aliphatic hydroxyl groups excluding tert-OH is 1. The molecule has 0 saturated carbocycles. The second-order valence-corrected chi connectivity index (χ2v) is 4.40. The van der Waals surface area contributed by atoms with Crippen LogP contribution in [0.4, 0.5) is 0 Å². The number of nitrogens with zero attached hydrogens (tertiary/aromatic N) is 2. The van der Waals surface area contributed by atoms with Crippen molar-refractivity contribution in [1.82, 2.24) is 9.97 Å². The summed E-state index contributed by atoms with van der Waals surface area (Å²) in [5.41, 5.74) is 5.93. The molecule has 2 aromatic heterocycles. The van der Waals surface area contributed by atoms with Gasteiger partial charge in [-0.05, 0) is 19.1 Å². The Morgan fingerprint density at radius 1 is 1.64 bits per heavy atom. The molecule has 0 radical (unpaired) electrons. The van der Waals surface area contributed by atoms with E-state index in [2.05, 4.69) is 9.97 Å². The fraction of sp³-hybridized carbons (Fsp3) is 0.333. The summed E-state index contributed by atoms with van der Waals surface area (Å²) in [6.45, 7) is 1.64. The summed E-state index contributed by atoms with van der Waals surface area (Å²) in [7, 11) is 0. The fourth-order valence-corrected chi connectivity index (χ4v) is 2.04. The van der Waals surface area contributed by atoms with E-state index in [0.717, 1.165) is 10.3 Å². The van der Waals surface area contributed by atoms with E-state index in [0.29, 0.717) is 5.01 Å². The minimum atomic E-state index is -0.772. The molecule has 1 atom stereocenters. The molecule has 2 heterocycles. The molecule has 0 aliphatic heterocycles. The van der Waals surface area contributed by atoms with Gasteiger partial charge in [0.05, 0.1) is 12.1 Å². The van der Waals surface area contributed by atoms with Crippen LogP contribution in [0.5, 0.6) is 0 Å². The molecule has 1 unspecified atom stereocenters. The first kappa shape index (κ1) is 9.51. The van der Waals surface area contributed by atoms with Crippen molar-refractivity contribution < 1.29 is 5.11 Å². The Kier molecular flexibility index (Phi) is 2.22. The van der Waals surface area contributed by atoms with Crippen molar-refractivity contribution in [2.45, 2.75) is 12.5 Å². The largest absolute Gasteiger partial charge is 0.394 e. The lowest BCUT2D eigenvalue weighted by Gasteiger charge is -2.17. The first-order valence-corrected chi connectivity index (χ1v) is 5.07. The molecule has 5 heteroatoms. The number of aliphatic hydroxyl groups is 1. The molecular formula is C9H11N3OS. The van der Waals surface area contributed by atoms with Gasteiger partial charge in [-0.2, -0.15) is 0 Å². The van der Waals surface area contributed by atoms with E-state index >= 15 is 0 Å². The lowest BCUT2D eigenvalue weighted by molar-refractivity contribution is 0.210. The van der Waals surface area contributed by atoms with Crippen molar-refractivity contribution in [2.75, 3.05) is 6.61 Å². The number of hydrogen-bond donors (Lipinski definition) is 2. The molecule has 74 valence electrons. The zero-order chi connectivity index (χ0) is 10.2. The van der Waals surface area contributed by atoms with Gasteiger partial charge in [0.25, 0.3) is 0 Å². The second kappa shape index (κ2) is 3.27. The highest BCUT2D eigenvalue weighted by atomic mass is 32.1. The maximum atomic E-state index is 9.09. The number of nitrogens with two attached hydrogens (primary N) is 1. The standard InChI is InChI=1S/C9H11N3OS/c1-9(10,5-13)8-12-6-3-2-4-11-7(6)14-8/h2-4,13H,5,10H2,1H3. The smallest absolute Gasteiger partial charge is 0.143 e. The van der Waals surface area contributed by atoms with E-state index in [4.69, 9.17) is 10.8 Å². The minimum absolute atomic E-state index is 0.118. The predicted octanol–water partition coefficient (Wildman–Crippen LogP) is 0.858. The maximum Gasteiger partial charge on any atom is 0.143 e. The highest BCUT2D eigenvalue weighted by molar-refractivity contribution is 7.18. The monoisotopic (exact) mass is 209 g/mol. The SMILES string of the molecule is CC(N)(CO)c1nc2cccnc2s1. The van der Waals surface area contributed by atoms with Crippen LogP contribution >= 0.6 is 11.3 Å². The average Bonchev–Trinajstić information content (AvgIpc) is 2.61. The molecule has 0 bridgehead atoms. The molecule has 14 heavy (non-hydrogen) atoms. The number of thiazole rings is 1. The molecular weight excluding hydrogens is 198 g/mol. The highest BCUT2D eigenvalue weighted by Gasteiger charge is 2.24. The summed E-state index contributed by atoms with van der Waals surface area (Å²) in [4.78, 5) is 9.35. The van der Waals surface area contributed by atoms with Gasteiger partial charge in [0.1, 0.15) is 15.4 Å². The summed E-state index contributed by atoms with van der Waals surface area (Å²) < 4.78 is 0. The van der Waals surface area contributed by atoms with Crippen molar-refractivity contribution in [3.05, 3.63) is 23.3 Å². The van der Waals surface area contributed by atoms with Gasteiger partial charge in [-0.25, -0.2) is 9.97 Å². The quantitative estimate of drug-likeness (QED) is 0.769. The minimum Gasteiger partial charge on any atom is -0.394 e. The molecule has 0 amide bonds. The van der Waals surface area contributed by atoms with E-state index in [1.54, 1.807) is 13.1 Å². The van der Waals surface area contributed by atoms with Gasteiger partial charge >= 0.3 is 0 Å². The van der Waals surface area contributed by atoms with Crippen LogP contribution in [0.15, 0.2) is 18.3 Å².